The van der Waals surface area contributed by atoms with Gasteiger partial charge in [-0.15, -0.1) is 5.10 Å². The Morgan fingerprint density at radius 1 is 1.08 bits per heavy atom. The molecule has 0 spiro atoms. The van der Waals surface area contributed by atoms with Crippen LogP contribution in [0.15, 0.2) is 6.20 Å². The van der Waals surface area contributed by atoms with Crippen molar-refractivity contribution in [1.82, 2.24) is 15.0 Å². The first-order valence-electron chi connectivity index (χ1n) is 4.64. The van der Waals surface area contributed by atoms with Gasteiger partial charge < -0.3 is 0 Å². The summed E-state index contributed by atoms with van der Waals surface area (Å²) in [5.41, 5.74) is 1.30. The minimum absolute atomic E-state index is 0.0130. The van der Waals surface area contributed by atoms with Gasteiger partial charge in [0.2, 0.25) is 0 Å². The zero-order chi connectivity index (χ0) is 10.3. The van der Waals surface area contributed by atoms with Gasteiger partial charge in [0.1, 0.15) is 0 Å². The summed E-state index contributed by atoms with van der Waals surface area (Å²) in [6, 6.07) is 0. The lowest BCUT2D eigenvalue weighted by Crippen LogP contribution is -2.30. The quantitative estimate of drug-likeness (QED) is 0.615. The Morgan fingerprint density at radius 2 is 1.62 bits per heavy atom. The van der Waals surface area contributed by atoms with Gasteiger partial charge in [-0.05, 0) is 20.8 Å². The van der Waals surface area contributed by atoms with Crippen molar-refractivity contribution in [1.29, 1.82) is 0 Å². The number of rotatable bonds is 0. The van der Waals surface area contributed by atoms with E-state index in [9.17, 15) is 0 Å². The second-order valence-electron chi connectivity index (χ2n) is 5.45. The van der Waals surface area contributed by atoms with Crippen molar-refractivity contribution < 1.29 is 0 Å². The van der Waals surface area contributed by atoms with Gasteiger partial charge >= 0.3 is 0 Å². The molecule has 0 radical (unpaired) electrons. The van der Waals surface area contributed by atoms with Gasteiger partial charge in [0, 0.05) is 5.41 Å². The van der Waals surface area contributed by atoms with Gasteiger partial charge in [-0.25, -0.2) is 4.68 Å². The molecule has 0 aliphatic rings. The van der Waals surface area contributed by atoms with Gasteiger partial charge in [-0.1, -0.05) is 26.0 Å². The van der Waals surface area contributed by atoms with Crippen LogP contribution >= 0.6 is 0 Å². The molecular formula is C10H19N3. The summed E-state index contributed by atoms with van der Waals surface area (Å²) >= 11 is 0. The molecular weight excluding hydrogens is 162 g/mol. The average Bonchev–Trinajstić information content (AvgIpc) is 2.27. The third-order valence-corrected chi connectivity index (χ3v) is 1.95. The third-order valence-electron chi connectivity index (χ3n) is 1.95. The SMILES string of the molecule is CC(C)(C)c1cnnn1C(C)(C)C. The maximum atomic E-state index is 4.12. The van der Waals surface area contributed by atoms with E-state index < -0.39 is 0 Å². The minimum Gasteiger partial charge on any atom is -0.244 e. The summed E-state index contributed by atoms with van der Waals surface area (Å²) < 4.78 is 1.99. The van der Waals surface area contributed by atoms with Crippen LogP contribution in [-0.2, 0) is 11.0 Å². The van der Waals surface area contributed by atoms with Crippen LogP contribution in [0.1, 0.15) is 47.2 Å². The molecule has 3 nitrogen and oxygen atoms in total. The fraction of sp³-hybridized carbons (Fsp3) is 0.800. The highest BCUT2D eigenvalue weighted by Gasteiger charge is 2.25. The van der Waals surface area contributed by atoms with E-state index >= 15 is 0 Å². The molecule has 13 heavy (non-hydrogen) atoms. The Labute approximate surface area is 80.1 Å². The predicted octanol–water partition coefficient (Wildman–Crippen LogP) is 2.33. The lowest BCUT2D eigenvalue weighted by molar-refractivity contribution is 0.316. The molecule has 1 rings (SSSR count). The predicted molar refractivity (Wildman–Crippen MR) is 53.7 cm³/mol. The Balaban J connectivity index is 3.19. The molecule has 0 saturated carbocycles. The van der Waals surface area contributed by atoms with Gasteiger partial charge in [0.15, 0.2) is 0 Å². The second-order valence-corrected chi connectivity index (χ2v) is 5.45. The van der Waals surface area contributed by atoms with Crippen molar-refractivity contribution >= 4 is 0 Å². The van der Waals surface area contributed by atoms with Crippen LogP contribution in [0.4, 0.5) is 0 Å². The lowest BCUT2D eigenvalue weighted by Gasteiger charge is -2.27. The standard InChI is InChI=1S/C10H19N3/c1-9(2,3)8-7-11-12-13(8)10(4,5)6/h7H,1-6H3. The van der Waals surface area contributed by atoms with Crippen molar-refractivity contribution in [2.45, 2.75) is 52.5 Å². The van der Waals surface area contributed by atoms with E-state index in [1.165, 1.54) is 5.69 Å². The van der Waals surface area contributed by atoms with Crippen molar-refractivity contribution in [3.8, 4) is 0 Å². The van der Waals surface area contributed by atoms with E-state index in [-0.39, 0.29) is 11.0 Å². The lowest BCUT2D eigenvalue weighted by atomic mass is 9.91. The average molecular weight is 181 g/mol. The molecule has 1 aromatic heterocycles. The molecule has 3 heteroatoms. The highest BCUT2D eigenvalue weighted by Crippen LogP contribution is 2.25. The van der Waals surface area contributed by atoms with Crippen molar-refractivity contribution in [2.24, 2.45) is 0 Å². The Kier molecular flexibility index (Phi) is 2.22. The number of aromatic nitrogens is 3. The molecule has 0 aromatic carbocycles. The summed E-state index contributed by atoms with van der Waals surface area (Å²) in [4.78, 5) is 0. The third kappa shape index (κ3) is 2.08. The van der Waals surface area contributed by atoms with Crippen molar-refractivity contribution in [3.63, 3.8) is 0 Å². The van der Waals surface area contributed by atoms with Gasteiger partial charge in [0.05, 0.1) is 17.4 Å². The van der Waals surface area contributed by atoms with Crippen LogP contribution in [0.25, 0.3) is 0 Å². The smallest absolute Gasteiger partial charge is 0.0730 e. The fourth-order valence-corrected chi connectivity index (χ4v) is 1.24. The largest absolute Gasteiger partial charge is 0.244 e. The molecule has 0 amide bonds. The van der Waals surface area contributed by atoms with Crippen LogP contribution in [0.2, 0.25) is 0 Å². The molecule has 0 atom stereocenters. The Bertz CT molecular complexity index is 257. The van der Waals surface area contributed by atoms with E-state index in [0.29, 0.717) is 0 Å². The summed E-state index contributed by atoms with van der Waals surface area (Å²) in [5.74, 6) is 0. The van der Waals surface area contributed by atoms with E-state index in [2.05, 4.69) is 51.9 Å². The van der Waals surface area contributed by atoms with Crippen LogP contribution in [0.5, 0.6) is 0 Å². The molecule has 1 aromatic rings. The Morgan fingerprint density at radius 3 is 1.92 bits per heavy atom. The van der Waals surface area contributed by atoms with E-state index in [0.717, 1.165) is 0 Å². The molecule has 0 fully saturated rings. The first-order chi connectivity index (χ1) is 5.73. The summed E-state index contributed by atoms with van der Waals surface area (Å²) in [6.07, 6.45) is 1.85. The van der Waals surface area contributed by atoms with Crippen molar-refractivity contribution in [3.05, 3.63) is 11.9 Å². The minimum atomic E-state index is 0.0130. The zero-order valence-electron chi connectivity index (χ0n) is 9.42. The maximum absolute atomic E-state index is 4.12. The molecule has 0 N–H and O–H groups in total. The monoisotopic (exact) mass is 181 g/mol. The summed E-state index contributed by atoms with van der Waals surface area (Å²) in [7, 11) is 0. The maximum Gasteiger partial charge on any atom is 0.0730 e. The van der Waals surface area contributed by atoms with Crippen molar-refractivity contribution in [2.75, 3.05) is 0 Å². The number of hydrogen-bond acceptors (Lipinski definition) is 2. The first-order valence-corrected chi connectivity index (χ1v) is 4.64. The van der Waals surface area contributed by atoms with E-state index in [1.54, 1.807) is 0 Å². The summed E-state index contributed by atoms with van der Waals surface area (Å²) in [6.45, 7) is 12.9. The highest BCUT2D eigenvalue weighted by molar-refractivity contribution is 5.09. The Hall–Kier alpha value is -0.860. The van der Waals surface area contributed by atoms with E-state index in [4.69, 9.17) is 0 Å². The zero-order valence-corrected chi connectivity index (χ0v) is 9.42. The summed E-state index contributed by atoms with van der Waals surface area (Å²) in [5, 5.41) is 8.09. The second kappa shape index (κ2) is 2.82. The molecule has 0 aliphatic carbocycles. The number of hydrogen-bond donors (Lipinski definition) is 0. The molecule has 1 heterocycles. The van der Waals surface area contributed by atoms with Gasteiger partial charge in [0.25, 0.3) is 0 Å². The van der Waals surface area contributed by atoms with Crippen LogP contribution in [0, 0.1) is 0 Å². The highest BCUT2D eigenvalue weighted by atomic mass is 15.4. The molecule has 0 aliphatic heterocycles. The molecule has 0 bridgehead atoms. The van der Waals surface area contributed by atoms with Gasteiger partial charge in [-0.2, -0.15) is 0 Å². The van der Waals surface area contributed by atoms with Crippen LogP contribution < -0.4 is 0 Å². The normalized spacial score (nSPS) is 13.4. The topological polar surface area (TPSA) is 30.7 Å². The van der Waals surface area contributed by atoms with E-state index in [1.807, 2.05) is 10.9 Å². The first kappa shape index (κ1) is 10.2. The fourth-order valence-electron chi connectivity index (χ4n) is 1.24. The molecule has 0 saturated heterocycles. The molecule has 0 unspecified atom stereocenters. The van der Waals surface area contributed by atoms with Crippen LogP contribution in [0.3, 0.4) is 0 Å². The van der Waals surface area contributed by atoms with Crippen LogP contribution in [-0.4, -0.2) is 15.0 Å². The number of nitrogens with zero attached hydrogens (tertiary/aromatic N) is 3. The van der Waals surface area contributed by atoms with Gasteiger partial charge in [-0.3, -0.25) is 0 Å². The molecule has 74 valence electrons.